The number of aliphatic hydroxyl groups excluding tert-OH is 1. The van der Waals surface area contributed by atoms with E-state index in [1.807, 2.05) is 6.92 Å². The van der Waals surface area contributed by atoms with Gasteiger partial charge in [-0.15, -0.1) is 0 Å². The fourth-order valence-corrected chi connectivity index (χ4v) is 1.18. The van der Waals surface area contributed by atoms with Crippen molar-refractivity contribution in [3.63, 3.8) is 0 Å². The summed E-state index contributed by atoms with van der Waals surface area (Å²) in [6.45, 7) is 7.44. The summed E-state index contributed by atoms with van der Waals surface area (Å²) in [5.74, 6) is -0.0101. The summed E-state index contributed by atoms with van der Waals surface area (Å²) in [5, 5.41) is 9.44. The summed E-state index contributed by atoms with van der Waals surface area (Å²) in [5.41, 5.74) is 1.42. The van der Waals surface area contributed by atoms with Gasteiger partial charge in [-0.2, -0.15) is 0 Å². The Hall–Kier alpha value is -1.35. The lowest BCUT2D eigenvalue weighted by Crippen LogP contribution is -2.03. The molecule has 82 valence electrons. The van der Waals surface area contributed by atoms with Crippen LogP contribution in [0.4, 0.5) is 4.39 Å². The topological polar surface area (TPSA) is 29.5 Å². The third kappa shape index (κ3) is 3.36. The zero-order chi connectivity index (χ0) is 11.4. The summed E-state index contributed by atoms with van der Waals surface area (Å²) in [7, 11) is 0. The molecule has 1 N–H and O–H groups in total. The Balaban J connectivity index is 2.91. The molecule has 1 aromatic rings. The van der Waals surface area contributed by atoms with Crippen molar-refractivity contribution < 1.29 is 14.2 Å². The van der Waals surface area contributed by atoms with Crippen LogP contribution in [0.15, 0.2) is 30.4 Å². The van der Waals surface area contributed by atoms with Crippen molar-refractivity contribution in [1.29, 1.82) is 0 Å². The lowest BCUT2D eigenvalue weighted by atomic mass is 10.1. The number of hydrogen-bond acceptors (Lipinski definition) is 2. The first-order valence-electron chi connectivity index (χ1n) is 4.75. The average Bonchev–Trinajstić information content (AvgIpc) is 2.14. The van der Waals surface area contributed by atoms with Crippen molar-refractivity contribution in [1.82, 2.24) is 0 Å². The number of aliphatic hydroxyl groups is 1. The lowest BCUT2D eigenvalue weighted by molar-refractivity contribution is 0.192. The maximum atomic E-state index is 13.0. The van der Waals surface area contributed by atoms with Crippen molar-refractivity contribution >= 4 is 0 Å². The minimum Gasteiger partial charge on any atom is -0.489 e. The highest BCUT2D eigenvalue weighted by atomic mass is 19.1. The molecule has 0 aliphatic heterocycles. The second kappa shape index (κ2) is 4.94. The molecule has 0 bridgehead atoms. The largest absolute Gasteiger partial charge is 0.489 e. The number of rotatable bonds is 4. The van der Waals surface area contributed by atoms with Crippen LogP contribution in [0.25, 0.3) is 0 Å². The van der Waals surface area contributed by atoms with Crippen LogP contribution < -0.4 is 4.74 Å². The first-order chi connectivity index (χ1) is 7.00. The van der Waals surface area contributed by atoms with Gasteiger partial charge in [-0.25, -0.2) is 4.39 Å². The lowest BCUT2D eigenvalue weighted by Gasteiger charge is -2.13. The molecule has 0 amide bonds. The summed E-state index contributed by atoms with van der Waals surface area (Å²) in [6.07, 6.45) is -0.675. The van der Waals surface area contributed by atoms with Crippen LogP contribution in [0.3, 0.4) is 0 Å². The van der Waals surface area contributed by atoms with Gasteiger partial charge < -0.3 is 9.84 Å². The van der Waals surface area contributed by atoms with Crippen molar-refractivity contribution in [2.75, 3.05) is 6.61 Å². The summed E-state index contributed by atoms with van der Waals surface area (Å²) < 4.78 is 18.3. The Labute approximate surface area is 89.0 Å². The molecule has 1 atom stereocenters. The summed E-state index contributed by atoms with van der Waals surface area (Å²) >= 11 is 0. The summed E-state index contributed by atoms with van der Waals surface area (Å²) in [4.78, 5) is 0. The standard InChI is InChI=1S/C12H15FO2/c1-8(2)7-15-12-6-10(13)4-5-11(12)9(3)14/h4-6,9,14H,1,7H2,2-3H3/t9-/m1/s1. The second-order valence-electron chi connectivity index (χ2n) is 3.60. The molecule has 15 heavy (non-hydrogen) atoms. The van der Waals surface area contributed by atoms with Gasteiger partial charge in [0, 0.05) is 11.6 Å². The van der Waals surface area contributed by atoms with Crippen LogP contribution in [-0.4, -0.2) is 11.7 Å². The van der Waals surface area contributed by atoms with Gasteiger partial charge in [0.2, 0.25) is 0 Å². The van der Waals surface area contributed by atoms with Crippen LogP contribution in [0, 0.1) is 5.82 Å². The molecular formula is C12H15FO2. The molecule has 0 unspecified atom stereocenters. The third-order valence-corrected chi connectivity index (χ3v) is 1.90. The van der Waals surface area contributed by atoms with Gasteiger partial charge in [-0.05, 0) is 31.6 Å². The van der Waals surface area contributed by atoms with E-state index in [0.29, 0.717) is 17.9 Å². The van der Waals surface area contributed by atoms with Gasteiger partial charge in [-0.1, -0.05) is 6.58 Å². The Kier molecular flexibility index (Phi) is 3.86. The Bertz CT molecular complexity index is 359. The van der Waals surface area contributed by atoms with Crippen molar-refractivity contribution in [2.45, 2.75) is 20.0 Å². The van der Waals surface area contributed by atoms with Gasteiger partial charge in [0.25, 0.3) is 0 Å². The van der Waals surface area contributed by atoms with Crippen molar-refractivity contribution in [2.24, 2.45) is 0 Å². The summed E-state index contributed by atoms with van der Waals surface area (Å²) in [6, 6.07) is 4.09. The molecule has 0 fully saturated rings. The molecule has 3 heteroatoms. The maximum Gasteiger partial charge on any atom is 0.128 e. The van der Waals surface area contributed by atoms with E-state index >= 15 is 0 Å². The smallest absolute Gasteiger partial charge is 0.128 e. The fraction of sp³-hybridized carbons (Fsp3) is 0.333. The third-order valence-electron chi connectivity index (χ3n) is 1.90. The minimum atomic E-state index is -0.675. The molecule has 0 saturated heterocycles. The van der Waals surface area contributed by atoms with Gasteiger partial charge >= 0.3 is 0 Å². The zero-order valence-electron chi connectivity index (χ0n) is 8.96. The van der Waals surface area contributed by atoms with Crippen molar-refractivity contribution in [3.8, 4) is 5.75 Å². The van der Waals surface area contributed by atoms with Crippen molar-refractivity contribution in [3.05, 3.63) is 41.7 Å². The van der Waals surface area contributed by atoms with Crippen LogP contribution in [0.5, 0.6) is 5.75 Å². The van der Waals surface area contributed by atoms with Gasteiger partial charge in [0.05, 0.1) is 6.10 Å². The highest BCUT2D eigenvalue weighted by Gasteiger charge is 2.10. The Morgan fingerprint density at radius 2 is 2.27 bits per heavy atom. The number of hydrogen-bond donors (Lipinski definition) is 1. The van der Waals surface area contributed by atoms with E-state index in [0.717, 1.165) is 5.57 Å². The fourth-order valence-electron chi connectivity index (χ4n) is 1.18. The average molecular weight is 210 g/mol. The molecule has 0 aromatic heterocycles. The monoisotopic (exact) mass is 210 g/mol. The maximum absolute atomic E-state index is 13.0. The van der Waals surface area contributed by atoms with Crippen LogP contribution in [0.2, 0.25) is 0 Å². The van der Waals surface area contributed by atoms with Crippen LogP contribution >= 0.6 is 0 Å². The van der Waals surface area contributed by atoms with E-state index in [2.05, 4.69) is 6.58 Å². The normalized spacial score (nSPS) is 12.3. The van der Waals surface area contributed by atoms with Crippen LogP contribution in [-0.2, 0) is 0 Å². The highest BCUT2D eigenvalue weighted by molar-refractivity contribution is 5.35. The quantitative estimate of drug-likeness (QED) is 0.774. The van der Waals surface area contributed by atoms with E-state index < -0.39 is 6.10 Å². The number of halogens is 1. The highest BCUT2D eigenvalue weighted by Crippen LogP contribution is 2.26. The van der Waals surface area contributed by atoms with E-state index in [1.54, 1.807) is 6.92 Å². The van der Waals surface area contributed by atoms with E-state index in [1.165, 1.54) is 18.2 Å². The van der Waals surface area contributed by atoms with E-state index in [-0.39, 0.29) is 5.82 Å². The molecule has 2 nitrogen and oxygen atoms in total. The molecule has 0 aliphatic carbocycles. The Morgan fingerprint density at radius 3 is 2.80 bits per heavy atom. The molecule has 0 radical (unpaired) electrons. The molecule has 1 aromatic carbocycles. The second-order valence-corrected chi connectivity index (χ2v) is 3.60. The molecule has 0 heterocycles. The SMILES string of the molecule is C=C(C)COc1cc(F)ccc1[C@@H](C)O. The molecule has 0 aliphatic rings. The number of benzene rings is 1. The predicted molar refractivity (Wildman–Crippen MR) is 57.3 cm³/mol. The zero-order valence-corrected chi connectivity index (χ0v) is 8.96. The predicted octanol–water partition coefficient (Wildman–Crippen LogP) is 2.83. The minimum absolute atomic E-state index is 0.323. The van der Waals surface area contributed by atoms with Gasteiger partial charge in [0.1, 0.15) is 18.2 Å². The van der Waals surface area contributed by atoms with Crippen LogP contribution in [0.1, 0.15) is 25.5 Å². The first kappa shape index (κ1) is 11.7. The van der Waals surface area contributed by atoms with Gasteiger partial charge in [0.15, 0.2) is 0 Å². The Morgan fingerprint density at radius 1 is 1.60 bits per heavy atom. The molecule has 1 rings (SSSR count). The first-order valence-corrected chi connectivity index (χ1v) is 4.75. The van der Waals surface area contributed by atoms with E-state index in [9.17, 15) is 9.50 Å². The molecule has 0 spiro atoms. The van der Waals surface area contributed by atoms with Gasteiger partial charge in [-0.3, -0.25) is 0 Å². The number of ether oxygens (including phenoxy) is 1. The molecule has 0 saturated carbocycles. The van der Waals surface area contributed by atoms with E-state index in [4.69, 9.17) is 4.74 Å². The molecular weight excluding hydrogens is 195 g/mol.